The van der Waals surface area contributed by atoms with Crippen LogP contribution in [0.15, 0.2) is 175 Å². The van der Waals surface area contributed by atoms with Crippen molar-refractivity contribution in [3.8, 4) is 22.5 Å². The first kappa shape index (κ1) is 30.0. The fourth-order valence-corrected chi connectivity index (χ4v) is 8.10. The molecule has 3 aromatic heterocycles. The Morgan fingerprint density at radius 1 is 0.538 bits per heavy atom. The van der Waals surface area contributed by atoms with Gasteiger partial charge in [-0.05, 0) is 95.9 Å². The first-order valence-corrected chi connectivity index (χ1v) is 17.7. The topological polar surface area (TPSA) is 23.0 Å². The van der Waals surface area contributed by atoms with Crippen LogP contribution in [0.3, 0.4) is 0 Å². The van der Waals surface area contributed by atoms with Crippen LogP contribution in [0.2, 0.25) is 0 Å². The minimum Gasteiger partial charge on any atom is -0.456 e. The van der Waals surface area contributed by atoms with Crippen LogP contribution in [0.5, 0.6) is 0 Å². The molecule has 0 atom stereocenters. The lowest BCUT2D eigenvalue weighted by atomic mass is 9.96. The maximum atomic E-state index is 6.37. The number of furan rings is 1. The van der Waals surface area contributed by atoms with Crippen molar-refractivity contribution in [2.45, 2.75) is 6.92 Å². The molecule has 0 radical (unpaired) electrons. The number of hydrogen-bond donors (Lipinski definition) is 0. The van der Waals surface area contributed by atoms with Crippen LogP contribution in [-0.2, 0) is 0 Å². The minimum absolute atomic E-state index is 0.867. The van der Waals surface area contributed by atoms with Gasteiger partial charge in [0, 0.05) is 49.9 Å². The lowest BCUT2D eigenvalue weighted by molar-refractivity contribution is 0.668. The fourth-order valence-electron chi connectivity index (χ4n) is 8.10. The summed E-state index contributed by atoms with van der Waals surface area (Å²) >= 11 is 0. The number of fused-ring (bicyclic) bond motifs is 7. The Hall–Kier alpha value is -6.84. The van der Waals surface area contributed by atoms with Crippen molar-refractivity contribution in [3.05, 3.63) is 187 Å². The number of allylic oxidation sites excluding steroid dienone is 1. The molecule has 0 saturated heterocycles. The van der Waals surface area contributed by atoms with Crippen molar-refractivity contribution in [2.75, 3.05) is 0 Å². The summed E-state index contributed by atoms with van der Waals surface area (Å²) in [5, 5.41) is 5.90. The molecule has 0 aliphatic rings. The molecule has 0 saturated carbocycles. The van der Waals surface area contributed by atoms with Gasteiger partial charge in [0.25, 0.3) is 0 Å². The standard InChI is InChI=1S/C49H34N2O/c1-3-43-42(29-32(2)34-25-28-45-41(30-34)38-19-10-12-22-44(38)50(45)35-17-8-5-9-18-35)49-37(33-15-6-4-7-16-33)21-14-23-46(49)51(43)36-26-27-40-39-20-11-13-24-47(39)52-48(40)31-36/h3-31H,1H2,2H3/b32-29+. The van der Waals surface area contributed by atoms with Gasteiger partial charge in [-0.2, -0.15) is 0 Å². The van der Waals surface area contributed by atoms with E-state index in [1.807, 2.05) is 18.2 Å². The Balaban J connectivity index is 1.21. The van der Waals surface area contributed by atoms with Crippen molar-refractivity contribution in [1.82, 2.24) is 9.13 Å². The van der Waals surface area contributed by atoms with Gasteiger partial charge < -0.3 is 13.6 Å². The second-order valence-electron chi connectivity index (χ2n) is 13.4. The van der Waals surface area contributed by atoms with Crippen LogP contribution in [-0.4, -0.2) is 9.13 Å². The van der Waals surface area contributed by atoms with Crippen LogP contribution in [0.25, 0.3) is 94.9 Å². The quantitative estimate of drug-likeness (QED) is 0.173. The molecule has 0 N–H and O–H groups in total. The molecule has 0 amide bonds. The van der Waals surface area contributed by atoms with Crippen LogP contribution in [0, 0.1) is 0 Å². The first-order chi connectivity index (χ1) is 25.7. The molecule has 0 bridgehead atoms. The largest absolute Gasteiger partial charge is 0.456 e. The summed E-state index contributed by atoms with van der Waals surface area (Å²) in [4.78, 5) is 0. The molecule has 7 aromatic carbocycles. The summed E-state index contributed by atoms with van der Waals surface area (Å²) in [6.07, 6.45) is 4.34. The second-order valence-corrected chi connectivity index (χ2v) is 13.4. The lowest BCUT2D eigenvalue weighted by Crippen LogP contribution is -1.96. The van der Waals surface area contributed by atoms with Crippen molar-refractivity contribution in [2.24, 2.45) is 0 Å². The molecule has 3 nitrogen and oxygen atoms in total. The van der Waals surface area contributed by atoms with Gasteiger partial charge in [-0.25, -0.2) is 0 Å². The molecule has 10 rings (SSSR count). The van der Waals surface area contributed by atoms with Gasteiger partial charge in [0.15, 0.2) is 0 Å². The molecule has 52 heavy (non-hydrogen) atoms. The third kappa shape index (κ3) is 4.60. The van der Waals surface area contributed by atoms with Gasteiger partial charge in [0.2, 0.25) is 0 Å². The number of hydrogen-bond acceptors (Lipinski definition) is 1. The smallest absolute Gasteiger partial charge is 0.137 e. The zero-order valence-corrected chi connectivity index (χ0v) is 28.8. The van der Waals surface area contributed by atoms with E-state index in [9.17, 15) is 0 Å². The van der Waals surface area contributed by atoms with Crippen LogP contribution < -0.4 is 0 Å². The van der Waals surface area contributed by atoms with Gasteiger partial charge >= 0.3 is 0 Å². The monoisotopic (exact) mass is 666 g/mol. The molecule has 0 fully saturated rings. The van der Waals surface area contributed by atoms with Gasteiger partial charge in [-0.15, -0.1) is 0 Å². The number of para-hydroxylation sites is 3. The number of rotatable bonds is 6. The van der Waals surface area contributed by atoms with E-state index in [-0.39, 0.29) is 0 Å². The van der Waals surface area contributed by atoms with E-state index >= 15 is 0 Å². The summed E-state index contributed by atoms with van der Waals surface area (Å²) in [6.45, 7) is 6.60. The molecular weight excluding hydrogens is 633 g/mol. The van der Waals surface area contributed by atoms with Crippen LogP contribution >= 0.6 is 0 Å². The Morgan fingerprint density at radius 3 is 2.06 bits per heavy atom. The average molecular weight is 667 g/mol. The highest BCUT2D eigenvalue weighted by atomic mass is 16.3. The molecule has 0 aliphatic carbocycles. The Bertz CT molecular complexity index is 3030. The maximum absolute atomic E-state index is 6.37. The second kappa shape index (κ2) is 11.9. The Labute approximate surface area is 301 Å². The third-order valence-electron chi connectivity index (χ3n) is 10.5. The molecule has 3 heteroatoms. The first-order valence-electron chi connectivity index (χ1n) is 17.7. The van der Waals surface area contributed by atoms with Gasteiger partial charge in [0.1, 0.15) is 11.2 Å². The molecule has 0 spiro atoms. The van der Waals surface area contributed by atoms with E-state index in [2.05, 4.69) is 180 Å². The van der Waals surface area contributed by atoms with Gasteiger partial charge in [-0.1, -0.05) is 110 Å². The summed E-state index contributed by atoms with van der Waals surface area (Å²) in [5.41, 5.74) is 14.4. The summed E-state index contributed by atoms with van der Waals surface area (Å²) in [5.74, 6) is 0. The Morgan fingerprint density at radius 2 is 1.23 bits per heavy atom. The molecule has 0 unspecified atom stereocenters. The zero-order chi connectivity index (χ0) is 34.8. The normalized spacial score (nSPS) is 12.1. The number of aromatic nitrogens is 2. The van der Waals surface area contributed by atoms with E-state index < -0.39 is 0 Å². The van der Waals surface area contributed by atoms with E-state index in [1.165, 1.54) is 49.5 Å². The third-order valence-corrected chi connectivity index (χ3v) is 10.5. The molecule has 246 valence electrons. The number of benzene rings is 7. The zero-order valence-electron chi connectivity index (χ0n) is 28.8. The summed E-state index contributed by atoms with van der Waals surface area (Å²) in [7, 11) is 0. The average Bonchev–Trinajstić information content (AvgIpc) is 3.85. The number of nitrogens with zero attached hydrogens (tertiary/aromatic N) is 2. The molecule has 10 aromatic rings. The lowest BCUT2D eigenvalue weighted by Gasteiger charge is -2.10. The predicted molar refractivity (Wildman–Crippen MR) is 220 cm³/mol. The highest BCUT2D eigenvalue weighted by Gasteiger charge is 2.21. The summed E-state index contributed by atoms with van der Waals surface area (Å²) < 4.78 is 11.1. The summed E-state index contributed by atoms with van der Waals surface area (Å²) in [6, 6.07) is 58.2. The predicted octanol–water partition coefficient (Wildman–Crippen LogP) is 13.5. The molecule has 3 heterocycles. The van der Waals surface area contributed by atoms with Crippen molar-refractivity contribution < 1.29 is 4.42 Å². The van der Waals surface area contributed by atoms with Crippen molar-refractivity contribution in [3.63, 3.8) is 0 Å². The molecular formula is C49H34N2O. The van der Waals surface area contributed by atoms with E-state index in [1.54, 1.807) is 0 Å². The maximum Gasteiger partial charge on any atom is 0.137 e. The van der Waals surface area contributed by atoms with Crippen molar-refractivity contribution in [1.29, 1.82) is 0 Å². The SMILES string of the molecule is C=Cc1c(/C=C(\C)c2ccc3c(c2)c2ccccc2n3-c2ccccc2)c2c(-c3ccccc3)cccc2n1-c1ccc2c(c1)oc1ccccc12. The van der Waals surface area contributed by atoms with Gasteiger partial charge in [-0.3, -0.25) is 0 Å². The molecule has 0 aliphatic heterocycles. The van der Waals surface area contributed by atoms with Crippen LogP contribution in [0.1, 0.15) is 23.7 Å². The van der Waals surface area contributed by atoms with Crippen LogP contribution in [0.4, 0.5) is 0 Å². The minimum atomic E-state index is 0.867. The van der Waals surface area contributed by atoms with Crippen molar-refractivity contribution >= 4 is 72.4 Å². The van der Waals surface area contributed by atoms with Gasteiger partial charge in [0.05, 0.1) is 22.2 Å². The van der Waals surface area contributed by atoms with E-state index in [4.69, 9.17) is 4.42 Å². The van der Waals surface area contributed by atoms with E-state index in [0.717, 1.165) is 50.1 Å². The highest BCUT2D eigenvalue weighted by Crippen LogP contribution is 2.41. The van der Waals surface area contributed by atoms with E-state index in [0.29, 0.717) is 0 Å². The Kier molecular flexibility index (Phi) is 6.87. The highest BCUT2D eigenvalue weighted by molar-refractivity contribution is 6.12. The fraction of sp³-hybridized carbons (Fsp3) is 0.0204.